The zero-order valence-corrected chi connectivity index (χ0v) is 12.2. The molecule has 0 bridgehead atoms. The first-order chi connectivity index (χ1) is 8.19. The summed E-state index contributed by atoms with van der Waals surface area (Å²) < 4.78 is 6.31. The Labute approximate surface area is 116 Å². The fourth-order valence-electron chi connectivity index (χ4n) is 2.26. The molecule has 1 aliphatic rings. The van der Waals surface area contributed by atoms with E-state index >= 15 is 0 Å². The maximum Gasteiger partial charge on any atom is 0.0572 e. The third-order valence-corrected chi connectivity index (χ3v) is 4.51. The molecule has 2 rings (SSSR count). The molecule has 0 amide bonds. The number of nitrogens with one attached hydrogen (secondary N) is 1. The van der Waals surface area contributed by atoms with Gasteiger partial charge in [-0.2, -0.15) is 0 Å². The van der Waals surface area contributed by atoms with Crippen LogP contribution in [-0.4, -0.2) is 19.3 Å². The third-order valence-electron chi connectivity index (χ3n) is 3.30. The highest BCUT2D eigenvalue weighted by Crippen LogP contribution is 2.28. The lowest BCUT2D eigenvalue weighted by Gasteiger charge is -2.29. The first-order valence-electron chi connectivity index (χ1n) is 5.93. The van der Waals surface area contributed by atoms with Gasteiger partial charge in [0.05, 0.1) is 11.1 Å². The Morgan fingerprint density at radius 3 is 2.59 bits per heavy atom. The SMILES string of the molecule is COC1CCC(Nc2ccc(Cl)c(Br)c2)CC1. The maximum atomic E-state index is 5.97. The summed E-state index contributed by atoms with van der Waals surface area (Å²) in [5.41, 5.74) is 1.13. The van der Waals surface area contributed by atoms with Gasteiger partial charge in [-0.3, -0.25) is 0 Å². The molecule has 4 heteroatoms. The van der Waals surface area contributed by atoms with Gasteiger partial charge in [-0.25, -0.2) is 0 Å². The van der Waals surface area contributed by atoms with Crippen LogP contribution < -0.4 is 5.32 Å². The molecule has 2 nitrogen and oxygen atoms in total. The highest BCUT2D eigenvalue weighted by molar-refractivity contribution is 9.10. The Bertz CT molecular complexity index is 378. The molecule has 0 atom stereocenters. The van der Waals surface area contributed by atoms with Crippen LogP contribution in [0.5, 0.6) is 0 Å². The lowest BCUT2D eigenvalue weighted by Crippen LogP contribution is -2.29. The van der Waals surface area contributed by atoms with Crippen LogP contribution in [0, 0.1) is 0 Å². The molecule has 0 heterocycles. The van der Waals surface area contributed by atoms with Crippen molar-refractivity contribution in [1.82, 2.24) is 0 Å². The monoisotopic (exact) mass is 317 g/mol. The number of hydrogen-bond donors (Lipinski definition) is 1. The van der Waals surface area contributed by atoms with E-state index in [-0.39, 0.29) is 0 Å². The van der Waals surface area contributed by atoms with Crippen molar-refractivity contribution in [2.45, 2.75) is 37.8 Å². The van der Waals surface area contributed by atoms with Crippen LogP contribution in [0.15, 0.2) is 22.7 Å². The summed E-state index contributed by atoms with van der Waals surface area (Å²) >= 11 is 9.41. The quantitative estimate of drug-likeness (QED) is 0.887. The van der Waals surface area contributed by atoms with E-state index in [0.717, 1.165) is 28.0 Å². The van der Waals surface area contributed by atoms with Crippen LogP contribution >= 0.6 is 27.5 Å². The highest BCUT2D eigenvalue weighted by Gasteiger charge is 2.20. The van der Waals surface area contributed by atoms with E-state index in [9.17, 15) is 0 Å². The largest absolute Gasteiger partial charge is 0.382 e. The van der Waals surface area contributed by atoms with Crippen molar-refractivity contribution in [3.63, 3.8) is 0 Å². The van der Waals surface area contributed by atoms with E-state index < -0.39 is 0 Å². The molecular formula is C13H17BrClNO. The zero-order valence-electron chi connectivity index (χ0n) is 9.88. The van der Waals surface area contributed by atoms with Gasteiger partial charge in [0, 0.05) is 23.3 Å². The molecule has 0 aliphatic heterocycles. The van der Waals surface area contributed by atoms with Gasteiger partial charge in [0.1, 0.15) is 0 Å². The molecule has 0 aromatic heterocycles. The summed E-state index contributed by atoms with van der Waals surface area (Å²) in [7, 11) is 1.80. The second kappa shape index (κ2) is 6.07. The minimum atomic E-state index is 0.449. The molecule has 1 saturated carbocycles. The summed E-state index contributed by atoms with van der Waals surface area (Å²) in [5.74, 6) is 0. The molecule has 1 N–H and O–H groups in total. The molecule has 0 spiro atoms. The summed E-state index contributed by atoms with van der Waals surface area (Å²) in [5, 5.41) is 4.30. The average molecular weight is 319 g/mol. The molecule has 1 aromatic carbocycles. The van der Waals surface area contributed by atoms with Gasteiger partial charge in [-0.05, 0) is 59.8 Å². The van der Waals surface area contributed by atoms with Crippen LogP contribution in [-0.2, 0) is 4.74 Å². The van der Waals surface area contributed by atoms with Crippen LogP contribution in [0.25, 0.3) is 0 Å². The first kappa shape index (κ1) is 13.2. The summed E-state index contributed by atoms with van der Waals surface area (Å²) in [6.45, 7) is 0. The topological polar surface area (TPSA) is 21.3 Å². The van der Waals surface area contributed by atoms with Gasteiger partial charge < -0.3 is 10.1 Å². The van der Waals surface area contributed by atoms with Gasteiger partial charge in [0.15, 0.2) is 0 Å². The number of benzene rings is 1. The molecule has 1 fully saturated rings. The molecule has 0 radical (unpaired) electrons. The highest BCUT2D eigenvalue weighted by atomic mass is 79.9. The molecule has 0 unspecified atom stereocenters. The molecular weight excluding hydrogens is 302 g/mol. The van der Waals surface area contributed by atoms with Crippen LogP contribution in [0.1, 0.15) is 25.7 Å². The van der Waals surface area contributed by atoms with Gasteiger partial charge >= 0.3 is 0 Å². The molecule has 17 heavy (non-hydrogen) atoms. The van der Waals surface area contributed by atoms with E-state index in [1.165, 1.54) is 12.8 Å². The first-order valence-corrected chi connectivity index (χ1v) is 7.10. The Morgan fingerprint density at radius 1 is 1.29 bits per heavy atom. The van der Waals surface area contributed by atoms with E-state index in [4.69, 9.17) is 16.3 Å². The predicted molar refractivity (Wildman–Crippen MR) is 75.8 cm³/mol. The van der Waals surface area contributed by atoms with Crippen molar-refractivity contribution < 1.29 is 4.74 Å². The minimum absolute atomic E-state index is 0.449. The van der Waals surface area contributed by atoms with E-state index in [0.29, 0.717) is 12.1 Å². The summed E-state index contributed by atoms with van der Waals surface area (Å²) in [6, 6.07) is 6.52. The summed E-state index contributed by atoms with van der Waals surface area (Å²) in [4.78, 5) is 0. The van der Waals surface area contributed by atoms with Crippen LogP contribution in [0.2, 0.25) is 5.02 Å². The second-order valence-electron chi connectivity index (χ2n) is 4.48. The van der Waals surface area contributed by atoms with Crippen molar-refractivity contribution in [2.75, 3.05) is 12.4 Å². The maximum absolute atomic E-state index is 5.97. The fraction of sp³-hybridized carbons (Fsp3) is 0.538. The number of ether oxygens (including phenoxy) is 1. The molecule has 1 aromatic rings. The fourth-order valence-corrected chi connectivity index (χ4v) is 2.76. The summed E-state index contributed by atoms with van der Waals surface area (Å²) in [6.07, 6.45) is 5.06. The van der Waals surface area contributed by atoms with Crippen molar-refractivity contribution in [3.05, 3.63) is 27.7 Å². The minimum Gasteiger partial charge on any atom is -0.382 e. The number of rotatable bonds is 3. The number of methoxy groups -OCH3 is 1. The predicted octanol–water partition coefficient (Wildman–Crippen LogP) is 4.47. The zero-order chi connectivity index (χ0) is 12.3. The van der Waals surface area contributed by atoms with Crippen molar-refractivity contribution in [3.8, 4) is 0 Å². The second-order valence-corrected chi connectivity index (χ2v) is 5.74. The van der Waals surface area contributed by atoms with Gasteiger partial charge in [-0.1, -0.05) is 11.6 Å². The molecule has 1 aliphatic carbocycles. The number of hydrogen-bond acceptors (Lipinski definition) is 2. The van der Waals surface area contributed by atoms with E-state index in [1.54, 1.807) is 7.11 Å². The van der Waals surface area contributed by atoms with E-state index in [1.807, 2.05) is 18.2 Å². The van der Waals surface area contributed by atoms with Crippen LogP contribution in [0.4, 0.5) is 5.69 Å². The number of anilines is 1. The Hall–Kier alpha value is -0.250. The standard InChI is InChI=1S/C13H17BrClNO/c1-17-11-5-2-9(3-6-11)16-10-4-7-13(15)12(14)8-10/h4,7-9,11,16H,2-3,5-6H2,1H3. The van der Waals surface area contributed by atoms with Crippen molar-refractivity contribution >= 4 is 33.2 Å². The lowest BCUT2D eigenvalue weighted by molar-refractivity contribution is 0.0682. The van der Waals surface area contributed by atoms with Gasteiger partial charge in [0.25, 0.3) is 0 Å². The average Bonchev–Trinajstić information content (AvgIpc) is 2.35. The normalized spacial score (nSPS) is 24.6. The van der Waals surface area contributed by atoms with Crippen LogP contribution in [0.3, 0.4) is 0 Å². The molecule has 94 valence electrons. The Balaban J connectivity index is 1.91. The van der Waals surface area contributed by atoms with Crippen molar-refractivity contribution in [2.24, 2.45) is 0 Å². The number of halogens is 2. The molecule has 0 saturated heterocycles. The Morgan fingerprint density at radius 2 is 2.00 bits per heavy atom. The third kappa shape index (κ3) is 3.60. The smallest absolute Gasteiger partial charge is 0.0572 e. The van der Waals surface area contributed by atoms with Crippen molar-refractivity contribution in [1.29, 1.82) is 0 Å². The van der Waals surface area contributed by atoms with E-state index in [2.05, 4.69) is 21.2 Å². The lowest BCUT2D eigenvalue weighted by atomic mass is 9.93. The van der Waals surface area contributed by atoms with Gasteiger partial charge in [0.2, 0.25) is 0 Å². The Kier molecular flexibility index (Phi) is 4.71. The van der Waals surface area contributed by atoms with Gasteiger partial charge in [-0.15, -0.1) is 0 Å².